The molecule has 166 valence electrons. The van der Waals surface area contributed by atoms with Crippen molar-refractivity contribution in [1.29, 1.82) is 0 Å². The van der Waals surface area contributed by atoms with Gasteiger partial charge in [0.15, 0.2) is 23.0 Å². The zero-order valence-electron chi connectivity index (χ0n) is 18.3. The van der Waals surface area contributed by atoms with E-state index in [0.29, 0.717) is 36.2 Å². The summed E-state index contributed by atoms with van der Waals surface area (Å²) in [5, 5.41) is 1.86. The summed E-state index contributed by atoms with van der Waals surface area (Å²) < 4.78 is 40.7. The maximum atomic E-state index is 6.16. The summed E-state index contributed by atoms with van der Waals surface area (Å²) in [7, 11) is 0. The van der Waals surface area contributed by atoms with Gasteiger partial charge < -0.3 is 32.8 Å². The van der Waals surface area contributed by atoms with E-state index < -0.39 is 0 Å². The maximum absolute atomic E-state index is 6.16. The number of benzene rings is 2. The summed E-state index contributed by atoms with van der Waals surface area (Å²) in [6, 6.07) is 7.72. The van der Waals surface area contributed by atoms with Crippen LogP contribution in [-0.2, 0) is 9.47 Å². The van der Waals surface area contributed by atoms with Crippen LogP contribution >= 0.6 is 0 Å². The van der Waals surface area contributed by atoms with Gasteiger partial charge in [0.1, 0.15) is 36.6 Å². The zero-order valence-corrected chi connectivity index (χ0v) is 18.3. The molecule has 7 nitrogen and oxygen atoms in total. The average molecular weight is 428 g/mol. The highest BCUT2D eigenvalue weighted by Crippen LogP contribution is 2.42. The highest BCUT2D eigenvalue weighted by atomic mass is 16.6. The van der Waals surface area contributed by atoms with Crippen LogP contribution in [0.25, 0.3) is 21.9 Å². The summed E-state index contributed by atoms with van der Waals surface area (Å²) in [6.07, 6.45) is 0.335. The second-order valence-corrected chi connectivity index (χ2v) is 8.56. The van der Waals surface area contributed by atoms with Crippen LogP contribution in [0.3, 0.4) is 0 Å². The summed E-state index contributed by atoms with van der Waals surface area (Å²) in [6.45, 7) is 10.4. The van der Waals surface area contributed by atoms with Crippen molar-refractivity contribution in [3.8, 4) is 23.0 Å². The lowest BCUT2D eigenvalue weighted by Crippen LogP contribution is -2.09. The molecule has 7 heteroatoms. The number of fused-ring (bicyclic) bond motifs is 3. The van der Waals surface area contributed by atoms with Crippen molar-refractivity contribution in [3.05, 3.63) is 24.3 Å². The number of furan rings is 1. The highest BCUT2D eigenvalue weighted by molar-refractivity contribution is 6.07. The molecule has 0 N–H and O–H groups in total. The maximum Gasteiger partial charge on any atom is 0.165 e. The molecule has 2 fully saturated rings. The molecular formula is C24H28O7. The predicted octanol–water partition coefficient (Wildman–Crippen LogP) is 4.72. The average Bonchev–Trinajstić information content (AvgIpc) is 3.62. The summed E-state index contributed by atoms with van der Waals surface area (Å²) in [5.74, 6) is 2.66. The molecule has 31 heavy (non-hydrogen) atoms. The fraction of sp³-hybridized carbons (Fsp3) is 0.500. The number of rotatable bonds is 10. The molecule has 5 rings (SSSR count). The SMILES string of the molecule is CC(C)Oc1cc2oc3cc(OC(C)C)c(OCC4CO4)cc3c2cc1OCC1CO1. The summed E-state index contributed by atoms with van der Waals surface area (Å²) in [4.78, 5) is 0. The van der Waals surface area contributed by atoms with Gasteiger partial charge >= 0.3 is 0 Å². The van der Waals surface area contributed by atoms with E-state index in [4.69, 9.17) is 32.8 Å². The third-order valence-electron chi connectivity index (χ3n) is 4.98. The van der Waals surface area contributed by atoms with Crippen molar-refractivity contribution in [2.24, 2.45) is 0 Å². The van der Waals surface area contributed by atoms with E-state index in [1.807, 2.05) is 52.0 Å². The minimum atomic E-state index is 0.0112. The second-order valence-electron chi connectivity index (χ2n) is 8.56. The summed E-state index contributed by atoms with van der Waals surface area (Å²) in [5.41, 5.74) is 1.44. The lowest BCUT2D eigenvalue weighted by molar-refractivity contribution is 0.212. The van der Waals surface area contributed by atoms with E-state index in [1.54, 1.807) is 0 Å². The number of ether oxygens (including phenoxy) is 6. The van der Waals surface area contributed by atoms with Gasteiger partial charge in [0.05, 0.1) is 25.4 Å². The van der Waals surface area contributed by atoms with Gasteiger partial charge in [-0.3, -0.25) is 0 Å². The molecule has 0 aliphatic carbocycles. The van der Waals surface area contributed by atoms with Crippen molar-refractivity contribution < 1.29 is 32.8 Å². The fourth-order valence-electron chi connectivity index (χ4n) is 3.40. The van der Waals surface area contributed by atoms with Crippen molar-refractivity contribution in [1.82, 2.24) is 0 Å². The van der Waals surface area contributed by atoms with Crippen LogP contribution in [0, 0.1) is 0 Å². The lowest BCUT2D eigenvalue weighted by Gasteiger charge is -2.15. The fourth-order valence-corrected chi connectivity index (χ4v) is 3.40. The van der Waals surface area contributed by atoms with Gasteiger partial charge in [-0.15, -0.1) is 0 Å². The molecular weight excluding hydrogens is 400 g/mol. The molecule has 2 saturated heterocycles. The van der Waals surface area contributed by atoms with Crippen LogP contribution in [0.5, 0.6) is 23.0 Å². The predicted molar refractivity (Wildman–Crippen MR) is 116 cm³/mol. The van der Waals surface area contributed by atoms with Crippen LogP contribution in [0.2, 0.25) is 0 Å². The summed E-state index contributed by atoms with van der Waals surface area (Å²) >= 11 is 0. The van der Waals surface area contributed by atoms with E-state index in [1.165, 1.54) is 0 Å². The van der Waals surface area contributed by atoms with E-state index in [9.17, 15) is 0 Å². The minimum absolute atomic E-state index is 0.0112. The Morgan fingerprint density at radius 2 is 1.13 bits per heavy atom. The van der Waals surface area contributed by atoms with Gasteiger partial charge in [-0.1, -0.05) is 0 Å². The molecule has 0 saturated carbocycles. The molecule has 0 amide bonds. The first-order chi connectivity index (χ1) is 15.0. The molecule has 3 aromatic rings. The molecule has 2 unspecified atom stereocenters. The third-order valence-corrected chi connectivity index (χ3v) is 4.98. The molecule has 0 radical (unpaired) electrons. The Labute approximate surface area is 181 Å². The van der Waals surface area contributed by atoms with Gasteiger partial charge in [-0.05, 0) is 39.8 Å². The van der Waals surface area contributed by atoms with Crippen molar-refractivity contribution in [2.75, 3.05) is 26.4 Å². The number of hydrogen-bond acceptors (Lipinski definition) is 7. The van der Waals surface area contributed by atoms with Crippen molar-refractivity contribution in [3.63, 3.8) is 0 Å². The van der Waals surface area contributed by atoms with Crippen molar-refractivity contribution in [2.45, 2.75) is 52.1 Å². The lowest BCUT2D eigenvalue weighted by atomic mass is 10.1. The van der Waals surface area contributed by atoms with Crippen molar-refractivity contribution >= 4 is 21.9 Å². The van der Waals surface area contributed by atoms with Gasteiger partial charge in [-0.25, -0.2) is 0 Å². The van der Waals surface area contributed by atoms with E-state index >= 15 is 0 Å². The van der Waals surface area contributed by atoms with Crippen LogP contribution in [0.4, 0.5) is 0 Å². The third kappa shape index (κ3) is 4.67. The standard InChI is InChI=1S/C24H28O7/c1-13(2)29-23-7-19-17(5-21(23)27-11-15-9-25-15)18-6-22(28-12-16-10-26-16)24(30-14(3)4)8-20(18)31-19/h5-8,13-16H,9-12H2,1-4H3. The Morgan fingerprint density at radius 3 is 1.48 bits per heavy atom. The molecule has 3 heterocycles. The highest BCUT2D eigenvalue weighted by Gasteiger charge is 2.26. The number of epoxide rings is 2. The van der Waals surface area contributed by atoms with Gasteiger partial charge in [0, 0.05) is 22.9 Å². The Hall–Kier alpha value is -2.64. The molecule has 2 atom stereocenters. The normalized spacial score (nSPS) is 19.9. The molecule has 2 aromatic carbocycles. The minimum Gasteiger partial charge on any atom is -0.487 e. The van der Waals surface area contributed by atoms with Crippen LogP contribution in [-0.4, -0.2) is 50.8 Å². The second kappa shape index (κ2) is 8.13. The molecule has 1 aromatic heterocycles. The quantitative estimate of drug-likeness (QED) is 0.433. The zero-order chi connectivity index (χ0) is 21.5. The number of hydrogen-bond donors (Lipinski definition) is 0. The molecule has 2 aliphatic heterocycles. The Balaban J connectivity index is 1.57. The first kappa shape index (κ1) is 20.3. The largest absolute Gasteiger partial charge is 0.487 e. The van der Waals surface area contributed by atoms with E-state index in [2.05, 4.69) is 0 Å². The topological polar surface area (TPSA) is 75.1 Å². The van der Waals surface area contributed by atoms with Crippen LogP contribution < -0.4 is 18.9 Å². The molecule has 0 spiro atoms. The van der Waals surface area contributed by atoms with Crippen LogP contribution in [0.1, 0.15) is 27.7 Å². The Morgan fingerprint density at radius 1 is 0.710 bits per heavy atom. The Bertz CT molecular complexity index is 992. The smallest absolute Gasteiger partial charge is 0.165 e. The first-order valence-electron chi connectivity index (χ1n) is 10.8. The van der Waals surface area contributed by atoms with Gasteiger partial charge in [0.25, 0.3) is 0 Å². The first-order valence-corrected chi connectivity index (χ1v) is 10.8. The van der Waals surface area contributed by atoms with Gasteiger partial charge in [-0.2, -0.15) is 0 Å². The molecule has 0 bridgehead atoms. The monoisotopic (exact) mass is 428 g/mol. The van der Waals surface area contributed by atoms with E-state index in [0.717, 1.165) is 35.2 Å². The van der Waals surface area contributed by atoms with Gasteiger partial charge in [0.2, 0.25) is 0 Å². The van der Waals surface area contributed by atoms with Crippen LogP contribution in [0.15, 0.2) is 28.7 Å². The molecule has 2 aliphatic rings. The van der Waals surface area contributed by atoms with E-state index in [-0.39, 0.29) is 24.4 Å². The Kier molecular flexibility index (Phi) is 5.32.